The van der Waals surface area contributed by atoms with Crippen LogP contribution in [0.5, 0.6) is 0 Å². The van der Waals surface area contributed by atoms with Crippen molar-refractivity contribution < 1.29 is 4.79 Å². The molecule has 1 heterocycles. The Morgan fingerprint density at radius 1 is 1.53 bits per heavy atom. The van der Waals surface area contributed by atoms with E-state index in [2.05, 4.69) is 24.1 Å². The largest absolute Gasteiger partial charge is 0.349 e. The second kappa shape index (κ2) is 3.86. The third kappa shape index (κ3) is 2.21. The van der Waals surface area contributed by atoms with Crippen LogP contribution in [0.1, 0.15) is 37.5 Å². The number of aromatic nitrogens is 2. The average molecular weight is 235 g/mol. The van der Waals surface area contributed by atoms with E-state index < -0.39 is 0 Å². The molecule has 1 saturated carbocycles. The van der Waals surface area contributed by atoms with Crippen LogP contribution in [0.3, 0.4) is 0 Å². The molecule has 1 aromatic rings. The Kier molecular flexibility index (Phi) is 2.76. The number of rotatable bonds is 3. The van der Waals surface area contributed by atoms with E-state index in [-0.39, 0.29) is 17.2 Å². The number of carbonyl (C=O) groups is 1. The first kappa shape index (κ1) is 12.1. The zero-order valence-electron chi connectivity index (χ0n) is 11.3. The molecule has 0 bridgehead atoms. The van der Waals surface area contributed by atoms with E-state index in [1.807, 2.05) is 25.5 Å². The topological polar surface area (TPSA) is 46.9 Å². The Morgan fingerprint density at radius 3 is 2.53 bits per heavy atom. The summed E-state index contributed by atoms with van der Waals surface area (Å²) in [6.07, 6.45) is 0.997. The van der Waals surface area contributed by atoms with E-state index in [1.165, 1.54) is 0 Å². The molecule has 4 nitrogen and oxygen atoms in total. The van der Waals surface area contributed by atoms with Gasteiger partial charge in [-0.2, -0.15) is 0 Å². The Morgan fingerprint density at radius 2 is 2.12 bits per heavy atom. The summed E-state index contributed by atoms with van der Waals surface area (Å²) >= 11 is 0. The Balaban J connectivity index is 1.94. The summed E-state index contributed by atoms with van der Waals surface area (Å²) in [6.45, 7) is 8.82. The van der Waals surface area contributed by atoms with Gasteiger partial charge in [0.1, 0.15) is 5.82 Å². The van der Waals surface area contributed by atoms with Crippen molar-refractivity contribution >= 4 is 5.91 Å². The summed E-state index contributed by atoms with van der Waals surface area (Å²) in [4.78, 5) is 16.3. The van der Waals surface area contributed by atoms with Crippen LogP contribution in [-0.2, 0) is 18.4 Å². The molecular formula is C13H21N3O. The SMILES string of the molecule is Cc1nc(CNC(=O)C2CC2(C)C)n(C)c1C. The van der Waals surface area contributed by atoms with Gasteiger partial charge in [-0.15, -0.1) is 0 Å². The molecule has 4 heteroatoms. The Hall–Kier alpha value is -1.32. The zero-order chi connectivity index (χ0) is 12.8. The third-order valence-electron chi connectivity index (χ3n) is 3.96. The van der Waals surface area contributed by atoms with E-state index in [9.17, 15) is 4.79 Å². The lowest BCUT2D eigenvalue weighted by atomic mass is 10.1. The normalized spacial score (nSPS) is 21.4. The number of imidazole rings is 1. The van der Waals surface area contributed by atoms with Crippen molar-refractivity contribution in [2.75, 3.05) is 0 Å². The standard InChI is InChI=1S/C13H21N3O/c1-8-9(2)16(5)11(15-8)7-14-12(17)10-6-13(10,3)4/h10H,6-7H2,1-5H3,(H,14,17). The van der Waals surface area contributed by atoms with Crippen molar-refractivity contribution in [3.63, 3.8) is 0 Å². The molecule has 94 valence electrons. The predicted octanol–water partition coefficient (Wildman–Crippen LogP) is 1.70. The maximum atomic E-state index is 11.8. The second-order valence-electron chi connectivity index (χ2n) is 5.72. The summed E-state index contributed by atoms with van der Waals surface area (Å²) in [5.74, 6) is 1.27. The van der Waals surface area contributed by atoms with Crippen molar-refractivity contribution in [1.29, 1.82) is 0 Å². The number of hydrogen-bond donors (Lipinski definition) is 1. The zero-order valence-corrected chi connectivity index (χ0v) is 11.3. The second-order valence-corrected chi connectivity index (χ2v) is 5.72. The number of nitrogens with one attached hydrogen (secondary N) is 1. The lowest BCUT2D eigenvalue weighted by molar-refractivity contribution is -0.123. The van der Waals surface area contributed by atoms with Gasteiger partial charge < -0.3 is 9.88 Å². The minimum Gasteiger partial charge on any atom is -0.349 e. The van der Waals surface area contributed by atoms with Gasteiger partial charge in [-0.1, -0.05) is 13.8 Å². The summed E-state index contributed by atoms with van der Waals surface area (Å²) in [5, 5.41) is 2.98. The predicted molar refractivity (Wildman–Crippen MR) is 66.4 cm³/mol. The van der Waals surface area contributed by atoms with Crippen molar-refractivity contribution in [2.24, 2.45) is 18.4 Å². The number of amides is 1. The van der Waals surface area contributed by atoms with Crippen molar-refractivity contribution in [3.05, 3.63) is 17.2 Å². The first-order valence-electron chi connectivity index (χ1n) is 6.09. The number of nitrogens with zero attached hydrogens (tertiary/aromatic N) is 2. The van der Waals surface area contributed by atoms with Crippen LogP contribution >= 0.6 is 0 Å². The van der Waals surface area contributed by atoms with E-state index in [4.69, 9.17) is 0 Å². The Labute approximate surface area is 102 Å². The number of carbonyl (C=O) groups excluding carboxylic acids is 1. The van der Waals surface area contributed by atoms with Gasteiger partial charge in [-0.25, -0.2) is 4.98 Å². The first-order chi connectivity index (χ1) is 7.83. The molecule has 2 rings (SSSR count). The van der Waals surface area contributed by atoms with Crippen LogP contribution in [0.4, 0.5) is 0 Å². The van der Waals surface area contributed by atoms with Crippen LogP contribution in [0.15, 0.2) is 0 Å². The van der Waals surface area contributed by atoms with Gasteiger partial charge in [0.25, 0.3) is 0 Å². The van der Waals surface area contributed by atoms with E-state index in [0.717, 1.165) is 23.6 Å². The number of hydrogen-bond acceptors (Lipinski definition) is 2. The van der Waals surface area contributed by atoms with Gasteiger partial charge in [0, 0.05) is 18.7 Å². The molecule has 1 aliphatic rings. The fraction of sp³-hybridized carbons (Fsp3) is 0.692. The smallest absolute Gasteiger partial charge is 0.224 e. The molecule has 17 heavy (non-hydrogen) atoms. The molecule has 1 N–H and O–H groups in total. The monoisotopic (exact) mass is 235 g/mol. The molecule has 0 radical (unpaired) electrons. The molecule has 0 aliphatic heterocycles. The van der Waals surface area contributed by atoms with Gasteiger partial charge in [-0.3, -0.25) is 4.79 Å². The summed E-state index contributed by atoms with van der Waals surface area (Å²) < 4.78 is 2.04. The summed E-state index contributed by atoms with van der Waals surface area (Å²) in [7, 11) is 1.98. The highest BCUT2D eigenvalue weighted by Crippen LogP contribution is 2.51. The van der Waals surface area contributed by atoms with Crippen LogP contribution < -0.4 is 5.32 Å². The van der Waals surface area contributed by atoms with Gasteiger partial charge in [-0.05, 0) is 25.7 Å². The first-order valence-corrected chi connectivity index (χ1v) is 6.09. The molecule has 1 atom stereocenters. The highest BCUT2D eigenvalue weighted by atomic mass is 16.2. The maximum absolute atomic E-state index is 11.8. The van der Waals surface area contributed by atoms with E-state index >= 15 is 0 Å². The molecule has 0 aromatic carbocycles. The van der Waals surface area contributed by atoms with Crippen molar-refractivity contribution in [1.82, 2.24) is 14.9 Å². The lowest BCUT2D eigenvalue weighted by Gasteiger charge is -2.07. The summed E-state index contributed by atoms with van der Waals surface area (Å²) in [6, 6.07) is 0. The molecular weight excluding hydrogens is 214 g/mol. The van der Waals surface area contributed by atoms with Crippen LogP contribution in [-0.4, -0.2) is 15.5 Å². The molecule has 0 spiro atoms. The molecule has 1 aliphatic carbocycles. The minimum atomic E-state index is 0.160. The van der Waals surface area contributed by atoms with Gasteiger partial charge >= 0.3 is 0 Å². The minimum absolute atomic E-state index is 0.160. The average Bonchev–Trinajstić information content (AvgIpc) is 2.83. The fourth-order valence-electron chi connectivity index (χ4n) is 2.15. The van der Waals surface area contributed by atoms with Crippen molar-refractivity contribution in [2.45, 2.75) is 40.7 Å². The van der Waals surface area contributed by atoms with Crippen LogP contribution in [0, 0.1) is 25.2 Å². The highest BCUT2D eigenvalue weighted by Gasteiger charge is 2.50. The maximum Gasteiger partial charge on any atom is 0.224 e. The molecule has 0 saturated heterocycles. The van der Waals surface area contributed by atoms with Gasteiger partial charge in [0.15, 0.2) is 0 Å². The van der Waals surface area contributed by atoms with E-state index in [0.29, 0.717) is 6.54 Å². The molecule has 1 unspecified atom stereocenters. The quantitative estimate of drug-likeness (QED) is 0.866. The van der Waals surface area contributed by atoms with Gasteiger partial charge in [0.05, 0.1) is 12.2 Å². The van der Waals surface area contributed by atoms with E-state index in [1.54, 1.807) is 0 Å². The summed E-state index contributed by atoms with van der Waals surface area (Å²) in [5.41, 5.74) is 2.38. The Bertz CT molecular complexity index is 459. The van der Waals surface area contributed by atoms with Crippen LogP contribution in [0.25, 0.3) is 0 Å². The fourth-order valence-corrected chi connectivity index (χ4v) is 2.15. The third-order valence-corrected chi connectivity index (χ3v) is 3.96. The molecule has 1 fully saturated rings. The molecule has 1 amide bonds. The highest BCUT2D eigenvalue weighted by molar-refractivity contribution is 5.82. The number of aryl methyl sites for hydroxylation is 1. The molecule has 1 aromatic heterocycles. The van der Waals surface area contributed by atoms with Crippen molar-refractivity contribution in [3.8, 4) is 0 Å². The van der Waals surface area contributed by atoms with Crippen LogP contribution in [0.2, 0.25) is 0 Å². The lowest BCUT2D eigenvalue weighted by Crippen LogP contribution is -2.27. The van der Waals surface area contributed by atoms with Gasteiger partial charge in [0.2, 0.25) is 5.91 Å².